The number of aliphatic hydroxyl groups is 1. The van der Waals surface area contributed by atoms with Crippen molar-refractivity contribution < 1.29 is 9.84 Å². The van der Waals surface area contributed by atoms with Crippen molar-refractivity contribution in [3.05, 3.63) is 24.0 Å². The number of hydrogen-bond donors (Lipinski definition) is 3. The van der Waals surface area contributed by atoms with E-state index in [1.54, 1.807) is 7.11 Å². The van der Waals surface area contributed by atoms with E-state index in [4.69, 9.17) is 4.74 Å². The van der Waals surface area contributed by atoms with E-state index < -0.39 is 5.60 Å². The molecule has 3 N–H and O–H groups in total. The Morgan fingerprint density at radius 2 is 2.40 bits per heavy atom. The van der Waals surface area contributed by atoms with E-state index in [1.165, 1.54) is 0 Å². The van der Waals surface area contributed by atoms with Crippen LogP contribution in [0.15, 0.2) is 18.3 Å². The average Bonchev–Trinajstić information content (AvgIpc) is 2.67. The third-order valence-corrected chi connectivity index (χ3v) is 2.33. The van der Waals surface area contributed by atoms with E-state index in [9.17, 15) is 5.11 Å². The average molecular weight is 212 g/mol. The Kier molecular flexibility index (Phi) is 4.81. The van der Waals surface area contributed by atoms with Gasteiger partial charge in [-0.05, 0) is 19.1 Å². The highest BCUT2D eigenvalue weighted by Gasteiger charge is 2.18. The number of nitrogens with one attached hydrogen (secondary N) is 2. The number of H-pyrrole nitrogens is 1. The molecule has 0 bridgehead atoms. The smallest absolute Gasteiger partial charge is 0.0765 e. The van der Waals surface area contributed by atoms with Crippen LogP contribution in [0.25, 0.3) is 0 Å². The van der Waals surface area contributed by atoms with Gasteiger partial charge in [-0.3, -0.25) is 0 Å². The summed E-state index contributed by atoms with van der Waals surface area (Å²) in [5.74, 6) is 0. The lowest BCUT2D eigenvalue weighted by atomic mass is 10.0. The summed E-state index contributed by atoms with van der Waals surface area (Å²) < 4.78 is 4.94. The van der Waals surface area contributed by atoms with Crippen LogP contribution in [0.4, 0.5) is 0 Å². The Bertz CT molecular complexity index is 258. The minimum Gasteiger partial charge on any atom is -0.389 e. The number of hydrogen-bond acceptors (Lipinski definition) is 3. The molecule has 0 aliphatic carbocycles. The molecule has 1 aromatic rings. The van der Waals surface area contributed by atoms with Crippen LogP contribution in [-0.2, 0) is 11.3 Å². The number of aromatic nitrogens is 1. The maximum Gasteiger partial charge on any atom is 0.0765 e. The van der Waals surface area contributed by atoms with Crippen LogP contribution in [0, 0.1) is 0 Å². The number of methoxy groups -OCH3 is 1. The van der Waals surface area contributed by atoms with Crippen molar-refractivity contribution in [3.8, 4) is 0 Å². The zero-order valence-corrected chi connectivity index (χ0v) is 9.42. The highest BCUT2D eigenvalue weighted by molar-refractivity contribution is 5.03. The van der Waals surface area contributed by atoms with E-state index in [0.717, 1.165) is 12.2 Å². The van der Waals surface area contributed by atoms with Gasteiger partial charge < -0.3 is 20.1 Å². The van der Waals surface area contributed by atoms with E-state index in [1.807, 2.05) is 25.3 Å². The number of aromatic amines is 1. The minimum atomic E-state index is -0.706. The highest BCUT2D eigenvalue weighted by Crippen LogP contribution is 2.07. The summed E-state index contributed by atoms with van der Waals surface area (Å²) in [5.41, 5.74) is 0.417. The summed E-state index contributed by atoms with van der Waals surface area (Å²) in [7, 11) is 1.64. The molecule has 15 heavy (non-hydrogen) atoms. The van der Waals surface area contributed by atoms with Gasteiger partial charge in [0, 0.05) is 45.1 Å². The van der Waals surface area contributed by atoms with Crippen LogP contribution >= 0.6 is 0 Å². The van der Waals surface area contributed by atoms with Crippen molar-refractivity contribution >= 4 is 0 Å². The summed E-state index contributed by atoms with van der Waals surface area (Å²) in [6, 6.07) is 3.97. The summed E-state index contributed by atoms with van der Waals surface area (Å²) in [6.45, 7) is 3.70. The maximum atomic E-state index is 9.92. The van der Waals surface area contributed by atoms with E-state index in [0.29, 0.717) is 19.6 Å². The maximum absolute atomic E-state index is 9.92. The van der Waals surface area contributed by atoms with Crippen LogP contribution in [0.1, 0.15) is 19.0 Å². The van der Waals surface area contributed by atoms with E-state index in [-0.39, 0.29) is 0 Å². The third-order valence-electron chi connectivity index (χ3n) is 2.33. The fraction of sp³-hybridized carbons (Fsp3) is 0.636. The van der Waals surface area contributed by atoms with Crippen molar-refractivity contribution in [1.29, 1.82) is 0 Å². The standard InChI is InChI=1S/C11H20N2O2/c1-11(14,5-7-15-2)9-12-8-10-4-3-6-13-10/h3-4,6,12-14H,5,7-9H2,1-2H3. The second-order valence-corrected chi connectivity index (χ2v) is 4.04. The molecule has 1 rings (SSSR count). The van der Waals surface area contributed by atoms with Crippen LogP contribution in [-0.4, -0.2) is 36.0 Å². The van der Waals surface area contributed by atoms with Gasteiger partial charge in [-0.15, -0.1) is 0 Å². The molecule has 1 heterocycles. The quantitative estimate of drug-likeness (QED) is 0.629. The molecule has 0 spiro atoms. The van der Waals surface area contributed by atoms with Gasteiger partial charge in [0.1, 0.15) is 0 Å². The third kappa shape index (κ3) is 4.97. The molecule has 0 saturated heterocycles. The van der Waals surface area contributed by atoms with Gasteiger partial charge in [0.15, 0.2) is 0 Å². The summed E-state index contributed by atoms with van der Waals surface area (Å²) >= 11 is 0. The first-order chi connectivity index (χ1) is 7.14. The van der Waals surface area contributed by atoms with Crippen LogP contribution in [0.5, 0.6) is 0 Å². The predicted octanol–water partition coefficient (Wildman–Crippen LogP) is 0.892. The molecule has 1 unspecified atom stereocenters. The molecule has 0 aliphatic heterocycles. The molecule has 86 valence electrons. The highest BCUT2D eigenvalue weighted by atomic mass is 16.5. The lowest BCUT2D eigenvalue weighted by Gasteiger charge is -2.23. The SMILES string of the molecule is COCCC(C)(O)CNCc1ccc[nH]1. The Balaban J connectivity index is 2.18. The Labute approximate surface area is 90.7 Å². The monoisotopic (exact) mass is 212 g/mol. The number of ether oxygens (including phenoxy) is 1. The zero-order chi connectivity index (χ0) is 11.1. The molecule has 1 aromatic heterocycles. The number of rotatable bonds is 7. The van der Waals surface area contributed by atoms with Crippen LogP contribution < -0.4 is 5.32 Å². The lowest BCUT2D eigenvalue weighted by molar-refractivity contribution is 0.0247. The molecular weight excluding hydrogens is 192 g/mol. The van der Waals surface area contributed by atoms with Gasteiger partial charge in [-0.2, -0.15) is 0 Å². The topological polar surface area (TPSA) is 57.3 Å². The van der Waals surface area contributed by atoms with E-state index in [2.05, 4.69) is 10.3 Å². The van der Waals surface area contributed by atoms with Crippen molar-refractivity contribution in [2.24, 2.45) is 0 Å². The summed E-state index contributed by atoms with van der Waals surface area (Å²) in [6.07, 6.45) is 2.53. The van der Waals surface area contributed by atoms with Crippen LogP contribution in [0.3, 0.4) is 0 Å². The molecule has 0 aromatic carbocycles. The molecule has 0 fully saturated rings. The molecular formula is C11H20N2O2. The lowest BCUT2D eigenvalue weighted by Crippen LogP contribution is -2.38. The van der Waals surface area contributed by atoms with Gasteiger partial charge in [0.2, 0.25) is 0 Å². The molecule has 0 aliphatic rings. The normalized spacial score (nSPS) is 15.1. The second kappa shape index (κ2) is 5.90. The second-order valence-electron chi connectivity index (χ2n) is 4.04. The molecule has 0 radical (unpaired) electrons. The van der Waals surface area contributed by atoms with Crippen molar-refractivity contribution in [2.45, 2.75) is 25.5 Å². The van der Waals surface area contributed by atoms with Gasteiger partial charge in [0.25, 0.3) is 0 Å². The minimum absolute atomic E-state index is 0.565. The Hall–Kier alpha value is -0.840. The fourth-order valence-corrected chi connectivity index (χ4v) is 1.35. The van der Waals surface area contributed by atoms with Gasteiger partial charge in [-0.1, -0.05) is 0 Å². The van der Waals surface area contributed by atoms with Gasteiger partial charge >= 0.3 is 0 Å². The zero-order valence-electron chi connectivity index (χ0n) is 9.42. The first-order valence-corrected chi connectivity index (χ1v) is 5.18. The van der Waals surface area contributed by atoms with Crippen molar-refractivity contribution in [2.75, 3.05) is 20.3 Å². The first-order valence-electron chi connectivity index (χ1n) is 5.18. The van der Waals surface area contributed by atoms with Gasteiger partial charge in [0.05, 0.1) is 5.60 Å². The van der Waals surface area contributed by atoms with Crippen molar-refractivity contribution in [3.63, 3.8) is 0 Å². The molecule has 4 nitrogen and oxygen atoms in total. The Morgan fingerprint density at radius 1 is 1.60 bits per heavy atom. The first kappa shape index (κ1) is 12.2. The van der Waals surface area contributed by atoms with Crippen LogP contribution in [0.2, 0.25) is 0 Å². The van der Waals surface area contributed by atoms with E-state index >= 15 is 0 Å². The van der Waals surface area contributed by atoms with Crippen molar-refractivity contribution in [1.82, 2.24) is 10.3 Å². The molecule has 0 saturated carbocycles. The summed E-state index contributed by atoms with van der Waals surface area (Å²) in [4.78, 5) is 3.10. The predicted molar refractivity (Wildman–Crippen MR) is 59.6 cm³/mol. The largest absolute Gasteiger partial charge is 0.389 e. The molecule has 1 atom stereocenters. The molecule has 0 amide bonds. The fourth-order valence-electron chi connectivity index (χ4n) is 1.35. The Morgan fingerprint density at radius 3 is 3.00 bits per heavy atom. The molecule has 4 heteroatoms. The summed E-state index contributed by atoms with van der Waals surface area (Å²) in [5, 5.41) is 13.1. The van der Waals surface area contributed by atoms with Gasteiger partial charge in [-0.25, -0.2) is 0 Å².